The van der Waals surface area contributed by atoms with E-state index in [0.717, 1.165) is 17.3 Å². The maximum absolute atomic E-state index is 6.01. The third-order valence-electron chi connectivity index (χ3n) is 2.21. The first-order valence-electron chi connectivity index (χ1n) is 4.66. The average molecular weight is 242 g/mol. The van der Waals surface area contributed by atoms with Gasteiger partial charge in [-0.1, -0.05) is 41.4 Å². The maximum atomic E-state index is 6.01. The lowest BCUT2D eigenvalue weighted by atomic mass is 10.0. The molecule has 0 saturated heterocycles. The van der Waals surface area contributed by atoms with Crippen molar-refractivity contribution in [2.24, 2.45) is 5.73 Å². The van der Waals surface area contributed by atoms with Crippen molar-refractivity contribution in [3.8, 4) is 0 Å². The molecule has 1 rings (SSSR count). The summed E-state index contributed by atoms with van der Waals surface area (Å²) < 4.78 is 1.15. The van der Waals surface area contributed by atoms with Gasteiger partial charge in [0.15, 0.2) is 0 Å². The van der Waals surface area contributed by atoms with Gasteiger partial charge in [-0.15, -0.1) is 0 Å². The van der Waals surface area contributed by atoms with E-state index < -0.39 is 0 Å². The van der Waals surface area contributed by atoms with Gasteiger partial charge in [0, 0.05) is 10.5 Å². The fourth-order valence-electron chi connectivity index (χ4n) is 1.38. The van der Waals surface area contributed by atoms with Crippen LogP contribution in [0.25, 0.3) is 0 Å². The number of hydrogen-bond acceptors (Lipinski definition) is 1. The zero-order valence-corrected chi connectivity index (χ0v) is 9.76. The van der Waals surface area contributed by atoms with Gasteiger partial charge < -0.3 is 5.73 Å². The summed E-state index contributed by atoms with van der Waals surface area (Å²) in [5.41, 5.74) is 8.50. The highest BCUT2D eigenvalue weighted by molar-refractivity contribution is 9.10. The van der Waals surface area contributed by atoms with E-state index in [0.29, 0.717) is 0 Å². The molecular weight excluding hydrogens is 226 g/mol. The van der Waals surface area contributed by atoms with Crippen molar-refractivity contribution >= 4 is 15.9 Å². The van der Waals surface area contributed by atoms with Gasteiger partial charge in [0.1, 0.15) is 0 Å². The number of benzene rings is 1. The molecule has 2 N–H and O–H groups in total. The Morgan fingerprint density at radius 2 is 2.15 bits per heavy atom. The molecule has 0 radical (unpaired) electrons. The molecule has 0 spiro atoms. The van der Waals surface area contributed by atoms with E-state index in [2.05, 4.69) is 48.0 Å². The second-order valence-electron chi connectivity index (χ2n) is 3.40. The minimum atomic E-state index is 0.191. The minimum Gasteiger partial charge on any atom is -0.324 e. The third-order valence-corrected chi connectivity index (χ3v) is 3.10. The van der Waals surface area contributed by atoms with Gasteiger partial charge in [0.2, 0.25) is 0 Å². The minimum absolute atomic E-state index is 0.191. The second-order valence-corrected chi connectivity index (χ2v) is 4.26. The molecule has 0 bridgehead atoms. The summed E-state index contributed by atoms with van der Waals surface area (Å²) in [6.45, 7) is 4.25. The van der Waals surface area contributed by atoms with Crippen LogP contribution in [0.15, 0.2) is 22.7 Å². The summed E-state index contributed by atoms with van der Waals surface area (Å²) in [4.78, 5) is 0. The predicted octanol–water partition coefficient (Wildman–Crippen LogP) is 3.56. The van der Waals surface area contributed by atoms with Crippen molar-refractivity contribution in [2.75, 3.05) is 0 Å². The predicted molar refractivity (Wildman–Crippen MR) is 60.7 cm³/mol. The molecule has 0 aliphatic rings. The maximum Gasteiger partial charge on any atom is 0.0294 e. The van der Waals surface area contributed by atoms with Gasteiger partial charge in [-0.25, -0.2) is 0 Å². The van der Waals surface area contributed by atoms with Crippen molar-refractivity contribution in [1.29, 1.82) is 0 Å². The van der Waals surface area contributed by atoms with Crippen LogP contribution in [0, 0.1) is 6.92 Å². The van der Waals surface area contributed by atoms with Crippen LogP contribution in [-0.4, -0.2) is 0 Å². The van der Waals surface area contributed by atoms with Crippen LogP contribution in [0.1, 0.15) is 36.9 Å². The van der Waals surface area contributed by atoms with Gasteiger partial charge in [0.05, 0.1) is 0 Å². The van der Waals surface area contributed by atoms with Crippen molar-refractivity contribution in [1.82, 2.24) is 0 Å². The molecule has 1 aromatic rings. The summed E-state index contributed by atoms with van der Waals surface area (Å²) in [5, 5.41) is 0. The van der Waals surface area contributed by atoms with E-state index in [1.165, 1.54) is 11.1 Å². The first-order valence-corrected chi connectivity index (χ1v) is 5.46. The van der Waals surface area contributed by atoms with Crippen molar-refractivity contribution in [3.05, 3.63) is 33.8 Å². The van der Waals surface area contributed by atoms with E-state index in [1.54, 1.807) is 0 Å². The Kier molecular flexibility index (Phi) is 3.94. The zero-order chi connectivity index (χ0) is 9.84. The Morgan fingerprint density at radius 1 is 1.46 bits per heavy atom. The molecule has 1 nitrogen and oxygen atoms in total. The Bertz CT molecular complexity index is 283. The second kappa shape index (κ2) is 4.77. The monoisotopic (exact) mass is 241 g/mol. The molecule has 1 aromatic carbocycles. The van der Waals surface area contributed by atoms with E-state index in [4.69, 9.17) is 5.73 Å². The molecule has 0 aromatic heterocycles. The summed E-state index contributed by atoms with van der Waals surface area (Å²) in [6, 6.07) is 6.51. The molecule has 0 fully saturated rings. The summed E-state index contributed by atoms with van der Waals surface area (Å²) >= 11 is 3.48. The van der Waals surface area contributed by atoms with Gasteiger partial charge in [-0.2, -0.15) is 0 Å². The van der Waals surface area contributed by atoms with E-state index in [1.807, 2.05) is 0 Å². The standard InChI is InChI=1S/C11H16BrN/c1-3-4-11(13)9-5-6-10(12)8(2)7-9/h5-7,11H,3-4,13H2,1-2H3. The highest BCUT2D eigenvalue weighted by Gasteiger charge is 2.05. The fraction of sp³-hybridized carbons (Fsp3) is 0.455. The van der Waals surface area contributed by atoms with Crippen LogP contribution >= 0.6 is 15.9 Å². The fourth-order valence-corrected chi connectivity index (χ4v) is 1.62. The normalized spacial score (nSPS) is 12.9. The molecule has 2 heteroatoms. The van der Waals surface area contributed by atoms with E-state index in [-0.39, 0.29) is 6.04 Å². The van der Waals surface area contributed by atoms with Gasteiger partial charge in [0.25, 0.3) is 0 Å². The van der Waals surface area contributed by atoms with E-state index >= 15 is 0 Å². The molecule has 0 aliphatic heterocycles. The molecule has 0 aliphatic carbocycles. The Hall–Kier alpha value is -0.340. The number of aryl methyl sites for hydroxylation is 1. The largest absolute Gasteiger partial charge is 0.324 e. The SMILES string of the molecule is CCCC(N)c1ccc(Br)c(C)c1. The molecule has 13 heavy (non-hydrogen) atoms. The van der Waals surface area contributed by atoms with Gasteiger partial charge in [-0.3, -0.25) is 0 Å². The Morgan fingerprint density at radius 3 is 2.69 bits per heavy atom. The van der Waals surface area contributed by atoms with Crippen molar-refractivity contribution in [2.45, 2.75) is 32.7 Å². The number of halogens is 1. The number of hydrogen-bond donors (Lipinski definition) is 1. The first-order chi connectivity index (χ1) is 6.15. The number of rotatable bonds is 3. The summed E-state index contributed by atoms with van der Waals surface area (Å²) in [6.07, 6.45) is 2.19. The molecular formula is C11H16BrN. The van der Waals surface area contributed by atoms with Crippen LogP contribution in [0.2, 0.25) is 0 Å². The topological polar surface area (TPSA) is 26.0 Å². The van der Waals surface area contributed by atoms with Crippen LogP contribution in [0.4, 0.5) is 0 Å². The average Bonchev–Trinajstić information content (AvgIpc) is 2.10. The van der Waals surface area contributed by atoms with Crippen LogP contribution < -0.4 is 5.73 Å². The highest BCUT2D eigenvalue weighted by Crippen LogP contribution is 2.22. The zero-order valence-electron chi connectivity index (χ0n) is 8.18. The number of nitrogens with two attached hydrogens (primary N) is 1. The summed E-state index contributed by atoms with van der Waals surface area (Å²) in [5.74, 6) is 0. The quantitative estimate of drug-likeness (QED) is 0.861. The summed E-state index contributed by atoms with van der Waals surface area (Å²) in [7, 11) is 0. The van der Waals surface area contributed by atoms with Crippen LogP contribution in [0.5, 0.6) is 0 Å². The first kappa shape index (κ1) is 10.7. The van der Waals surface area contributed by atoms with Crippen LogP contribution in [-0.2, 0) is 0 Å². The van der Waals surface area contributed by atoms with Crippen molar-refractivity contribution < 1.29 is 0 Å². The van der Waals surface area contributed by atoms with Crippen molar-refractivity contribution in [3.63, 3.8) is 0 Å². The molecule has 1 unspecified atom stereocenters. The van der Waals surface area contributed by atoms with Gasteiger partial charge >= 0.3 is 0 Å². The highest BCUT2D eigenvalue weighted by atomic mass is 79.9. The lowest BCUT2D eigenvalue weighted by Gasteiger charge is -2.11. The molecule has 1 atom stereocenters. The third kappa shape index (κ3) is 2.82. The Labute approximate surface area is 88.5 Å². The molecule has 72 valence electrons. The van der Waals surface area contributed by atoms with Gasteiger partial charge in [-0.05, 0) is 30.5 Å². The molecule has 0 saturated carbocycles. The smallest absolute Gasteiger partial charge is 0.0294 e. The Balaban J connectivity index is 2.84. The van der Waals surface area contributed by atoms with Crippen LogP contribution in [0.3, 0.4) is 0 Å². The van der Waals surface area contributed by atoms with E-state index in [9.17, 15) is 0 Å². The lowest BCUT2D eigenvalue weighted by molar-refractivity contribution is 0.638. The molecule has 0 amide bonds. The molecule has 0 heterocycles. The lowest BCUT2D eigenvalue weighted by Crippen LogP contribution is -2.09.